The molecule has 0 fully saturated rings. The number of hydrogen-bond acceptors (Lipinski definition) is 6. The third-order valence-corrected chi connectivity index (χ3v) is 4.06. The zero-order valence-corrected chi connectivity index (χ0v) is 13.2. The van der Waals surface area contributed by atoms with Crippen molar-refractivity contribution >= 4 is 17.2 Å². The van der Waals surface area contributed by atoms with Gasteiger partial charge in [-0.1, -0.05) is 30.3 Å². The van der Waals surface area contributed by atoms with Gasteiger partial charge >= 0.3 is 0 Å². The SMILES string of the molecule is O=C(NCCc1cscn1)[C@H](Cc1ccccc1)n1cnnn1. The summed E-state index contributed by atoms with van der Waals surface area (Å²) in [4.78, 5) is 16.7. The second kappa shape index (κ2) is 7.59. The molecule has 118 valence electrons. The van der Waals surface area contributed by atoms with Gasteiger partial charge in [-0.2, -0.15) is 0 Å². The molecule has 2 aromatic heterocycles. The van der Waals surface area contributed by atoms with E-state index in [1.54, 1.807) is 16.8 Å². The molecule has 3 rings (SSSR count). The maximum Gasteiger partial charge on any atom is 0.245 e. The molecule has 7 nitrogen and oxygen atoms in total. The molecule has 1 atom stereocenters. The Morgan fingerprint density at radius 3 is 2.87 bits per heavy atom. The number of nitrogens with one attached hydrogen (secondary N) is 1. The van der Waals surface area contributed by atoms with Gasteiger partial charge in [0.15, 0.2) is 0 Å². The minimum absolute atomic E-state index is 0.101. The number of benzene rings is 1. The molecule has 3 aromatic rings. The average molecular weight is 328 g/mol. The van der Waals surface area contributed by atoms with Crippen LogP contribution in [-0.2, 0) is 17.6 Å². The number of nitrogens with zero attached hydrogens (tertiary/aromatic N) is 5. The van der Waals surface area contributed by atoms with Crippen molar-refractivity contribution in [2.24, 2.45) is 0 Å². The van der Waals surface area contributed by atoms with Crippen LogP contribution in [0, 0.1) is 0 Å². The van der Waals surface area contributed by atoms with Crippen LogP contribution in [0.25, 0.3) is 0 Å². The van der Waals surface area contributed by atoms with Crippen molar-refractivity contribution in [3.05, 3.63) is 58.8 Å². The summed E-state index contributed by atoms with van der Waals surface area (Å²) >= 11 is 1.55. The van der Waals surface area contributed by atoms with Crippen molar-refractivity contribution in [2.45, 2.75) is 18.9 Å². The normalized spacial score (nSPS) is 12.0. The highest BCUT2D eigenvalue weighted by Crippen LogP contribution is 2.13. The quantitative estimate of drug-likeness (QED) is 0.706. The molecule has 0 bridgehead atoms. The van der Waals surface area contributed by atoms with E-state index in [2.05, 4.69) is 25.8 Å². The lowest BCUT2D eigenvalue weighted by atomic mass is 10.1. The van der Waals surface area contributed by atoms with E-state index >= 15 is 0 Å². The summed E-state index contributed by atoms with van der Waals surface area (Å²) in [5.41, 5.74) is 3.83. The molecule has 0 saturated heterocycles. The van der Waals surface area contributed by atoms with Crippen LogP contribution in [0.3, 0.4) is 0 Å². The number of thiazole rings is 1. The highest BCUT2D eigenvalue weighted by molar-refractivity contribution is 7.07. The van der Waals surface area contributed by atoms with Crippen molar-refractivity contribution in [1.82, 2.24) is 30.5 Å². The van der Waals surface area contributed by atoms with Crippen molar-refractivity contribution in [1.29, 1.82) is 0 Å². The van der Waals surface area contributed by atoms with Gasteiger partial charge < -0.3 is 5.32 Å². The molecule has 0 spiro atoms. The lowest BCUT2D eigenvalue weighted by Crippen LogP contribution is -2.35. The van der Waals surface area contributed by atoms with Crippen molar-refractivity contribution in [3.8, 4) is 0 Å². The number of carbonyl (C=O) groups is 1. The monoisotopic (exact) mass is 328 g/mol. The molecule has 0 radical (unpaired) electrons. The van der Waals surface area contributed by atoms with Crippen LogP contribution in [0.5, 0.6) is 0 Å². The van der Waals surface area contributed by atoms with Crippen LogP contribution >= 0.6 is 11.3 Å². The number of amides is 1. The summed E-state index contributed by atoms with van der Waals surface area (Å²) in [5.74, 6) is -0.101. The fourth-order valence-corrected chi connectivity index (χ4v) is 2.84. The zero-order chi connectivity index (χ0) is 15.9. The molecule has 8 heteroatoms. The average Bonchev–Trinajstić information content (AvgIpc) is 3.27. The van der Waals surface area contributed by atoms with Gasteiger partial charge in [-0.25, -0.2) is 9.67 Å². The molecule has 1 aromatic carbocycles. The Hall–Kier alpha value is -2.61. The van der Waals surface area contributed by atoms with Gasteiger partial charge in [0, 0.05) is 24.8 Å². The largest absolute Gasteiger partial charge is 0.354 e. The summed E-state index contributed by atoms with van der Waals surface area (Å²) in [7, 11) is 0. The Morgan fingerprint density at radius 2 is 2.17 bits per heavy atom. The van der Waals surface area contributed by atoms with Gasteiger partial charge in [-0.15, -0.1) is 16.4 Å². The number of hydrogen-bond donors (Lipinski definition) is 1. The first-order valence-electron chi connectivity index (χ1n) is 7.24. The molecule has 23 heavy (non-hydrogen) atoms. The van der Waals surface area contributed by atoms with Crippen molar-refractivity contribution < 1.29 is 4.79 Å². The van der Waals surface area contributed by atoms with Gasteiger partial charge in [0.2, 0.25) is 5.91 Å². The lowest BCUT2D eigenvalue weighted by molar-refractivity contribution is -0.124. The Bertz CT molecular complexity index is 714. The van der Waals surface area contributed by atoms with Crippen LogP contribution in [0.1, 0.15) is 17.3 Å². The number of rotatable bonds is 7. The minimum atomic E-state index is -0.470. The van der Waals surface area contributed by atoms with E-state index in [9.17, 15) is 4.79 Å². The van der Waals surface area contributed by atoms with E-state index in [1.807, 2.05) is 35.7 Å². The fraction of sp³-hybridized carbons (Fsp3) is 0.267. The first-order chi connectivity index (χ1) is 11.3. The summed E-state index contributed by atoms with van der Waals surface area (Å²) < 4.78 is 1.49. The standard InChI is InChI=1S/C15H16N6OS/c22-15(16-7-6-13-9-23-11-17-13)14(21-10-18-19-20-21)8-12-4-2-1-3-5-12/h1-5,9-11,14H,6-8H2,(H,16,22)/t14-/m0/s1. The summed E-state index contributed by atoms with van der Waals surface area (Å²) in [5, 5.41) is 16.1. The Kier molecular flexibility index (Phi) is 5.05. The number of tetrazole rings is 1. The van der Waals surface area contributed by atoms with E-state index in [1.165, 1.54) is 11.0 Å². The van der Waals surface area contributed by atoms with Crippen LogP contribution in [0.15, 0.2) is 47.5 Å². The first kappa shape index (κ1) is 15.3. The number of aromatic nitrogens is 5. The van der Waals surface area contributed by atoms with Gasteiger partial charge in [0.25, 0.3) is 0 Å². The van der Waals surface area contributed by atoms with Gasteiger partial charge in [-0.05, 0) is 16.0 Å². The summed E-state index contributed by atoms with van der Waals surface area (Å²) in [6.45, 7) is 0.538. The molecule has 1 amide bonds. The molecule has 0 saturated carbocycles. The van der Waals surface area contributed by atoms with E-state index in [4.69, 9.17) is 0 Å². The maximum atomic E-state index is 12.5. The zero-order valence-electron chi connectivity index (χ0n) is 12.4. The predicted molar refractivity (Wildman–Crippen MR) is 85.8 cm³/mol. The highest BCUT2D eigenvalue weighted by atomic mass is 32.1. The smallest absolute Gasteiger partial charge is 0.245 e. The topological polar surface area (TPSA) is 85.6 Å². The Morgan fingerprint density at radius 1 is 1.30 bits per heavy atom. The van der Waals surface area contributed by atoms with Crippen molar-refractivity contribution in [2.75, 3.05) is 6.54 Å². The van der Waals surface area contributed by atoms with Crippen LogP contribution in [0.2, 0.25) is 0 Å². The highest BCUT2D eigenvalue weighted by Gasteiger charge is 2.21. The van der Waals surface area contributed by atoms with Gasteiger partial charge in [0.05, 0.1) is 11.2 Å². The molecule has 0 aliphatic heterocycles. The molecule has 2 heterocycles. The third-order valence-electron chi connectivity index (χ3n) is 3.42. The van der Waals surface area contributed by atoms with E-state index in [-0.39, 0.29) is 5.91 Å². The fourth-order valence-electron chi connectivity index (χ4n) is 2.25. The summed E-state index contributed by atoms with van der Waals surface area (Å²) in [6, 6.07) is 9.35. The lowest BCUT2D eigenvalue weighted by Gasteiger charge is -2.16. The number of carbonyl (C=O) groups excluding carboxylic acids is 1. The molecule has 0 unspecified atom stereocenters. The van der Waals surface area contributed by atoms with Crippen molar-refractivity contribution in [3.63, 3.8) is 0 Å². The second-order valence-corrected chi connectivity index (χ2v) is 5.73. The predicted octanol–water partition coefficient (Wildman–Crippen LogP) is 1.27. The van der Waals surface area contributed by atoms with E-state index in [0.29, 0.717) is 19.4 Å². The van der Waals surface area contributed by atoms with E-state index in [0.717, 1.165) is 11.3 Å². The third kappa shape index (κ3) is 4.19. The van der Waals surface area contributed by atoms with Gasteiger partial charge in [-0.3, -0.25) is 4.79 Å². The molecular formula is C15H16N6OS. The Labute approximate surface area is 137 Å². The second-order valence-electron chi connectivity index (χ2n) is 5.02. The Balaban J connectivity index is 1.64. The van der Waals surface area contributed by atoms with Crippen LogP contribution in [0.4, 0.5) is 0 Å². The van der Waals surface area contributed by atoms with E-state index < -0.39 is 6.04 Å². The minimum Gasteiger partial charge on any atom is -0.354 e. The summed E-state index contributed by atoms with van der Waals surface area (Å²) in [6.07, 6.45) is 2.71. The molecular weight excluding hydrogens is 312 g/mol. The molecule has 0 aliphatic carbocycles. The molecule has 1 N–H and O–H groups in total. The maximum absolute atomic E-state index is 12.5. The van der Waals surface area contributed by atoms with Crippen LogP contribution < -0.4 is 5.32 Å². The molecule has 0 aliphatic rings. The van der Waals surface area contributed by atoms with Crippen LogP contribution in [-0.4, -0.2) is 37.6 Å². The van der Waals surface area contributed by atoms with Gasteiger partial charge in [0.1, 0.15) is 12.4 Å². The first-order valence-corrected chi connectivity index (χ1v) is 8.18.